The second-order valence-corrected chi connectivity index (χ2v) is 2.33. The van der Waals surface area contributed by atoms with Crippen LogP contribution >= 0.6 is 23.2 Å². The number of rotatable bonds is 2. The summed E-state index contributed by atoms with van der Waals surface area (Å²) in [7, 11) is 0. The summed E-state index contributed by atoms with van der Waals surface area (Å²) in [6, 6.07) is 0. The van der Waals surface area contributed by atoms with Gasteiger partial charge >= 0.3 is 0 Å². The summed E-state index contributed by atoms with van der Waals surface area (Å²) in [6.07, 6.45) is 4.68. The number of halogens is 2. The Kier molecular flexibility index (Phi) is 4.68. The van der Waals surface area contributed by atoms with Gasteiger partial charge in [0.1, 0.15) is 4.84 Å². The van der Waals surface area contributed by atoms with E-state index in [2.05, 4.69) is 0 Å². The molecule has 42 valence electrons. The highest BCUT2D eigenvalue weighted by molar-refractivity contribution is 6.45. The summed E-state index contributed by atoms with van der Waals surface area (Å²) < 4.78 is 0. The molecule has 0 aromatic carbocycles. The molecular formula is C5H8Cl2. The van der Waals surface area contributed by atoms with E-state index in [1.165, 1.54) is 0 Å². The first-order valence-electron chi connectivity index (χ1n) is 2.22. The fourth-order valence-corrected chi connectivity index (χ4v) is 0.445. The molecule has 0 saturated carbocycles. The highest BCUT2D eigenvalue weighted by Gasteiger charge is 1.84. The molecule has 0 amide bonds. The van der Waals surface area contributed by atoms with Crippen LogP contribution in [0.25, 0.3) is 0 Å². The van der Waals surface area contributed by atoms with Crippen LogP contribution in [0.5, 0.6) is 0 Å². The molecule has 7 heavy (non-hydrogen) atoms. The van der Waals surface area contributed by atoms with E-state index in [0.29, 0.717) is 0 Å². The highest BCUT2D eigenvalue weighted by atomic mass is 35.5. The van der Waals surface area contributed by atoms with E-state index in [-0.39, 0.29) is 4.84 Å². The molecule has 0 aromatic heterocycles. The van der Waals surface area contributed by atoms with Crippen molar-refractivity contribution in [3.05, 3.63) is 12.2 Å². The van der Waals surface area contributed by atoms with Gasteiger partial charge in [-0.15, -0.1) is 23.2 Å². The van der Waals surface area contributed by atoms with Gasteiger partial charge in [-0.05, 0) is 6.42 Å². The maximum atomic E-state index is 5.34. The standard InChI is InChI=1S/C5H8Cl2/c1-2-3-4-5(6)7/h3-5H,2H2,1H3/b4-3+. The third-order valence-corrected chi connectivity index (χ3v) is 0.808. The van der Waals surface area contributed by atoms with Crippen LogP contribution in [-0.2, 0) is 0 Å². The Morgan fingerprint density at radius 1 is 1.57 bits per heavy atom. The molecule has 0 radical (unpaired) electrons. The summed E-state index contributed by atoms with van der Waals surface area (Å²) in [5.41, 5.74) is 0. The molecular weight excluding hydrogens is 131 g/mol. The molecule has 0 rings (SSSR count). The average Bonchev–Trinajstić information content (AvgIpc) is 1.61. The maximum absolute atomic E-state index is 5.34. The summed E-state index contributed by atoms with van der Waals surface area (Å²) in [6.45, 7) is 2.03. The number of hydrogen-bond donors (Lipinski definition) is 0. The minimum Gasteiger partial charge on any atom is -0.101 e. The Morgan fingerprint density at radius 2 is 2.14 bits per heavy atom. The molecule has 0 fully saturated rings. The van der Waals surface area contributed by atoms with Crippen molar-refractivity contribution in [2.24, 2.45) is 0 Å². The highest BCUT2D eigenvalue weighted by Crippen LogP contribution is 2.02. The first kappa shape index (κ1) is 7.32. The van der Waals surface area contributed by atoms with E-state index in [9.17, 15) is 0 Å². The topological polar surface area (TPSA) is 0 Å². The molecule has 2 heteroatoms. The predicted molar refractivity (Wildman–Crippen MR) is 34.9 cm³/mol. The molecule has 0 nitrogen and oxygen atoms in total. The van der Waals surface area contributed by atoms with Crippen molar-refractivity contribution in [2.75, 3.05) is 0 Å². The Labute approximate surface area is 54.1 Å². The Bertz CT molecular complexity index is 57.1. The normalized spacial score (nSPS) is 11.4. The smallest absolute Gasteiger partial charge is 0.101 e. The lowest BCUT2D eigenvalue weighted by Crippen LogP contribution is -1.73. The third kappa shape index (κ3) is 6.32. The average molecular weight is 139 g/mol. The van der Waals surface area contributed by atoms with Crippen molar-refractivity contribution in [1.29, 1.82) is 0 Å². The van der Waals surface area contributed by atoms with Crippen LogP contribution < -0.4 is 0 Å². The lowest BCUT2D eigenvalue weighted by atomic mass is 10.4. The van der Waals surface area contributed by atoms with Crippen molar-refractivity contribution in [1.82, 2.24) is 0 Å². The van der Waals surface area contributed by atoms with Crippen LogP contribution in [0.4, 0.5) is 0 Å². The SMILES string of the molecule is CC/C=C/C(Cl)Cl. The molecule has 0 aliphatic rings. The van der Waals surface area contributed by atoms with Crippen LogP contribution in [0, 0.1) is 0 Å². The van der Waals surface area contributed by atoms with Crippen molar-refractivity contribution >= 4 is 23.2 Å². The van der Waals surface area contributed by atoms with Gasteiger partial charge in [0.15, 0.2) is 0 Å². The minimum atomic E-state index is -0.333. The molecule has 0 saturated heterocycles. The second kappa shape index (κ2) is 4.48. The predicted octanol–water partition coefficient (Wildman–Crippen LogP) is 2.76. The van der Waals surface area contributed by atoms with Gasteiger partial charge in [-0.2, -0.15) is 0 Å². The summed E-state index contributed by atoms with van der Waals surface area (Å²) >= 11 is 10.7. The Morgan fingerprint density at radius 3 is 2.29 bits per heavy atom. The zero-order valence-electron chi connectivity index (χ0n) is 4.20. The number of hydrogen-bond acceptors (Lipinski definition) is 0. The summed E-state index contributed by atoms with van der Waals surface area (Å²) in [5, 5.41) is 0. The first-order valence-corrected chi connectivity index (χ1v) is 3.09. The molecule has 0 aliphatic heterocycles. The Hall–Kier alpha value is 0.320. The van der Waals surface area contributed by atoms with Gasteiger partial charge in [-0.3, -0.25) is 0 Å². The number of allylic oxidation sites excluding steroid dienone is 2. The van der Waals surface area contributed by atoms with Gasteiger partial charge < -0.3 is 0 Å². The second-order valence-electron chi connectivity index (χ2n) is 1.17. The summed E-state index contributed by atoms with van der Waals surface area (Å²) in [5.74, 6) is 0. The fourth-order valence-electron chi connectivity index (χ4n) is 0.239. The molecule has 0 atom stereocenters. The van der Waals surface area contributed by atoms with Gasteiger partial charge in [0.25, 0.3) is 0 Å². The molecule has 0 N–H and O–H groups in total. The maximum Gasteiger partial charge on any atom is 0.125 e. The van der Waals surface area contributed by atoms with Crippen molar-refractivity contribution in [3.8, 4) is 0 Å². The van der Waals surface area contributed by atoms with Crippen LogP contribution in [0.15, 0.2) is 12.2 Å². The molecule has 0 spiro atoms. The van der Waals surface area contributed by atoms with Gasteiger partial charge in [-0.1, -0.05) is 19.1 Å². The van der Waals surface area contributed by atoms with E-state index >= 15 is 0 Å². The Balaban J connectivity index is 3.08. The van der Waals surface area contributed by atoms with E-state index in [1.807, 2.05) is 13.0 Å². The van der Waals surface area contributed by atoms with Crippen LogP contribution in [0.1, 0.15) is 13.3 Å². The van der Waals surface area contributed by atoms with Gasteiger partial charge in [0, 0.05) is 0 Å². The van der Waals surface area contributed by atoms with E-state index in [1.54, 1.807) is 6.08 Å². The van der Waals surface area contributed by atoms with E-state index < -0.39 is 0 Å². The monoisotopic (exact) mass is 138 g/mol. The largest absolute Gasteiger partial charge is 0.125 e. The zero-order chi connectivity index (χ0) is 5.70. The van der Waals surface area contributed by atoms with E-state index in [4.69, 9.17) is 23.2 Å². The lowest BCUT2D eigenvalue weighted by Gasteiger charge is -1.83. The van der Waals surface area contributed by atoms with Crippen molar-refractivity contribution < 1.29 is 0 Å². The number of alkyl halides is 2. The molecule has 0 heterocycles. The minimum absolute atomic E-state index is 0.333. The third-order valence-electron chi connectivity index (χ3n) is 0.517. The quantitative estimate of drug-likeness (QED) is 0.407. The van der Waals surface area contributed by atoms with Gasteiger partial charge in [-0.25, -0.2) is 0 Å². The first-order chi connectivity index (χ1) is 3.27. The fraction of sp³-hybridized carbons (Fsp3) is 0.600. The lowest BCUT2D eigenvalue weighted by molar-refractivity contribution is 1.21. The molecule has 0 aromatic rings. The van der Waals surface area contributed by atoms with Gasteiger partial charge in [0.2, 0.25) is 0 Å². The van der Waals surface area contributed by atoms with Crippen LogP contribution in [0.3, 0.4) is 0 Å². The molecule has 0 aliphatic carbocycles. The van der Waals surface area contributed by atoms with E-state index in [0.717, 1.165) is 6.42 Å². The van der Waals surface area contributed by atoms with Crippen molar-refractivity contribution in [3.63, 3.8) is 0 Å². The van der Waals surface area contributed by atoms with Gasteiger partial charge in [0.05, 0.1) is 0 Å². The zero-order valence-corrected chi connectivity index (χ0v) is 5.71. The molecule has 0 unspecified atom stereocenters. The summed E-state index contributed by atoms with van der Waals surface area (Å²) in [4.78, 5) is -0.333. The molecule has 0 bridgehead atoms. The van der Waals surface area contributed by atoms with Crippen LogP contribution in [-0.4, -0.2) is 4.84 Å². The van der Waals surface area contributed by atoms with Crippen LogP contribution in [0.2, 0.25) is 0 Å². The van der Waals surface area contributed by atoms with Crippen molar-refractivity contribution in [2.45, 2.75) is 18.2 Å².